The van der Waals surface area contributed by atoms with Crippen LogP contribution in [0.3, 0.4) is 0 Å². The zero-order valence-corrected chi connectivity index (χ0v) is 10.0. The van der Waals surface area contributed by atoms with Gasteiger partial charge in [-0.15, -0.1) is 11.3 Å². The highest BCUT2D eigenvalue weighted by Crippen LogP contribution is 2.36. The van der Waals surface area contributed by atoms with Crippen molar-refractivity contribution in [2.24, 2.45) is 0 Å². The van der Waals surface area contributed by atoms with Gasteiger partial charge in [-0.05, 0) is 30.3 Å². The molecule has 0 fully saturated rings. The first-order chi connectivity index (χ1) is 8.63. The number of nitrogens with two attached hydrogens (primary N) is 1. The lowest BCUT2D eigenvalue weighted by Gasteiger charge is -2.01. The lowest BCUT2D eigenvalue weighted by molar-refractivity contribution is 0.477. The number of nitrogens with zero attached hydrogens (tertiary/aromatic N) is 1. The topological polar surface area (TPSA) is 59.1 Å². The van der Waals surface area contributed by atoms with Gasteiger partial charge >= 0.3 is 0 Å². The number of benzene rings is 2. The van der Waals surface area contributed by atoms with Gasteiger partial charge in [-0.25, -0.2) is 9.37 Å². The highest BCUT2D eigenvalue weighted by Gasteiger charge is 2.10. The zero-order valence-electron chi connectivity index (χ0n) is 9.22. The van der Waals surface area contributed by atoms with Crippen LogP contribution < -0.4 is 5.73 Å². The second-order valence-corrected chi connectivity index (χ2v) is 4.94. The van der Waals surface area contributed by atoms with E-state index < -0.39 is 0 Å². The molecule has 0 bridgehead atoms. The van der Waals surface area contributed by atoms with Gasteiger partial charge in [0.05, 0.1) is 15.8 Å². The van der Waals surface area contributed by atoms with Crippen molar-refractivity contribution in [1.29, 1.82) is 0 Å². The maximum atomic E-state index is 13.1. The summed E-state index contributed by atoms with van der Waals surface area (Å²) in [4.78, 5) is 4.37. The molecule has 2 aromatic carbocycles. The number of hydrogen-bond donors (Lipinski definition) is 2. The van der Waals surface area contributed by atoms with E-state index in [1.807, 2.05) is 0 Å². The summed E-state index contributed by atoms with van der Waals surface area (Å²) in [5.74, 6) is -0.214. The third-order valence-electron chi connectivity index (χ3n) is 2.60. The first kappa shape index (κ1) is 11.0. The van der Waals surface area contributed by atoms with E-state index in [4.69, 9.17) is 5.73 Å². The summed E-state index contributed by atoms with van der Waals surface area (Å²) in [5.41, 5.74) is 7.38. The molecule has 5 heteroatoms. The minimum absolute atomic E-state index is 0.0783. The van der Waals surface area contributed by atoms with Crippen LogP contribution in [0.5, 0.6) is 5.75 Å². The fraction of sp³-hybridized carbons (Fsp3) is 0. The van der Waals surface area contributed by atoms with Crippen molar-refractivity contribution in [3.63, 3.8) is 0 Å². The molecule has 90 valence electrons. The summed E-state index contributed by atoms with van der Waals surface area (Å²) in [6, 6.07) is 9.31. The zero-order chi connectivity index (χ0) is 12.7. The van der Waals surface area contributed by atoms with E-state index in [1.165, 1.54) is 29.5 Å². The second-order valence-electron chi connectivity index (χ2n) is 3.91. The monoisotopic (exact) mass is 260 g/mol. The van der Waals surface area contributed by atoms with Crippen LogP contribution in [0.25, 0.3) is 20.8 Å². The number of nitrogen functional groups attached to an aromatic ring is 1. The number of halogens is 1. The summed E-state index contributed by atoms with van der Waals surface area (Å²) < 4.78 is 13.8. The van der Waals surface area contributed by atoms with Crippen LogP contribution in [0.4, 0.5) is 10.1 Å². The van der Waals surface area contributed by atoms with E-state index in [0.717, 1.165) is 4.70 Å². The number of anilines is 1. The Hall–Kier alpha value is -2.14. The third-order valence-corrected chi connectivity index (χ3v) is 3.65. The Kier molecular flexibility index (Phi) is 2.41. The molecule has 1 heterocycles. The van der Waals surface area contributed by atoms with Crippen LogP contribution in [-0.2, 0) is 0 Å². The number of hydrogen-bond acceptors (Lipinski definition) is 4. The van der Waals surface area contributed by atoms with Crippen LogP contribution in [0.15, 0.2) is 36.4 Å². The van der Waals surface area contributed by atoms with E-state index in [2.05, 4.69) is 4.98 Å². The Morgan fingerprint density at radius 2 is 2.00 bits per heavy atom. The fourth-order valence-electron chi connectivity index (χ4n) is 1.74. The molecule has 0 radical (unpaired) electrons. The Morgan fingerprint density at radius 3 is 2.78 bits per heavy atom. The average molecular weight is 260 g/mol. The van der Waals surface area contributed by atoms with Gasteiger partial charge in [0, 0.05) is 11.8 Å². The van der Waals surface area contributed by atoms with Crippen LogP contribution in [-0.4, -0.2) is 10.1 Å². The van der Waals surface area contributed by atoms with E-state index >= 15 is 0 Å². The number of phenolic OH excluding ortho intramolecular Hbond substituents is 1. The van der Waals surface area contributed by atoms with Gasteiger partial charge in [-0.2, -0.15) is 0 Å². The van der Waals surface area contributed by atoms with Crippen molar-refractivity contribution in [3.05, 3.63) is 42.2 Å². The molecule has 0 saturated carbocycles. The SMILES string of the molecule is Nc1ccc(-c2nc3ccc(F)cc3s2)c(O)c1. The number of rotatable bonds is 1. The van der Waals surface area contributed by atoms with Crippen molar-refractivity contribution in [2.75, 3.05) is 5.73 Å². The summed E-state index contributed by atoms with van der Waals surface area (Å²) >= 11 is 1.33. The summed E-state index contributed by atoms with van der Waals surface area (Å²) in [5, 5.41) is 10.5. The van der Waals surface area contributed by atoms with Crippen LogP contribution in [0, 0.1) is 5.82 Å². The quantitative estimate of drug-likeness (QED) is 0.659. The molecule has 1 aromatic heterocycles. The van der Waals surface area contributed by atoms with Gasteiger partial charge in [0.2, 0.25) is 0 Å². The molecule has 0 saturated heterocycles. The first-order valence-corrected chi connectivity index (χ1v) is 6.10. The summed E-state index contributed by atoms with van der Waals surface area (Å²) in [6.07, 6.45) is 0. The van der Waals surface area contributed by atoms with Gasteiger partial charge in [0.25, 0.3) is 0 Å². The highest BCUT2D eigenvalue weighted by molar-refractivity contribution is 7.21. The van der Waals surface area contributed by atoms with Gasteiger partial charge < -0.3 is 10.8 Å². The Labute approximate surface area is 106 Å². The Balaban J connectivity index is 2.19. The van der Waals surface area contributed by atoms with E-state index in [9.17, 15) is 9.50 Å². The predicted molar refractivity (Wildman–Crippen MR) is 71.1 cm³/mol. The minimum atomic E-state index is -0.292. The highest BCUT2D eigenvalue weighted by atomic mass is 32.1. The summed E-state index contributed by atoms with van der Waals surface area (Å²) in [7, 11) is 0. The lowest BCUT2D eigenvalue weighted by atomic mass is 10.2. The molecule has 0 unspecified atom stereocenters. The first-order valence-electron chi connectivity index (χ1n) is 5.28. The number of thiazole rings is 1. The van der Waals surface area contributed by atoms with Gasteiger partial charge in [0.1, 0.15) is 16.6 Å². The molecule has 0 atom stereocenters. The van der Waals surface area contributed by atoms with Crippen LogP contribution in [0.2, 0.25) is 0 Å². The molecular weight excluding hydrogens is 251 g/mol. The number of aromatic nitrogens is 1. The molecule has 0 aliphatic heterocycles. The van der Waals surface area contributed by atoms with Crippen LogP contribution >= 0.6 is 11.3 Å². The molecule has 3 aromatic rings. The molecule has 0 spiro atoms. The Bertz CT molecular complexity index is 739. The number of aromatic hydroxyl groups is 1. The normalized spacial score (nSPS) is 10.9. The van der Waals surface area contributed by atoms with Crippen molar-refractivity contribution < 1.29 is 9.50 Å². The molecule has 0 aliphatic carbocycles. The van der Waals surface area contributed by atoms with E-state index in [1.54, 1.807) is 18.2 Å². The van der Waals surface area contributed by atoms with Crippen molar-refractivity contribution in [1.82, 2.24) is 4.98 Å². The van der Waals surface area contributed by atoms with Crippen LogP contribution in [0.1, 0.15) is 0 Å². The van der Waals surface area contributed by atoms with Crippen molar-refractivity contribution in [3.8, 4) is 16.3 Å². The predicted octanol–water partition coefficient (Wildman–Crippen LogP) is 3.39. The van der Waals surface area contributed by atoms with Gasteiger partial charge in [-0.3, -0.25) is 0 Å². The standard InChI is InChI=1S/C13H9FN2OS/c14-7-1-4-10-12(5-7)18-13(16-10)9-3-2-8(15)6-11(9)17/h1-6,17H,15H2. The number of phenols is 1. The van der Waals surface area contributed by atoms with E-state index in [-0.39, 0.29) is 11.6 Å². The fourth-order valence-corrected chi connectivity index (χ4v) is 2.77. The second kappa shape index (κ2) is 3.96. The maximum absolute atomic E-state index is 13.1. The van der Waals surface area contributed by atoms with Gasteiger partial charge in [-0.1, -0.05) is 0 Å². The van der Waals surface area contributed by atoms with E-state index in [0.29, 0.717) is 21.8 Å². The average Bonchev–Trinajstić information content (AvgIpc) is 2.71. The number of fused-ring (bicyclic) bond motifs is 1. The summed E-state index contributed by atoms with van der Waals surface area (Å²) in [6.45, 7) is 0. The van der Waals surface area contributed by atoms with Gasteiger partial charge in [0.15, 0.2) is 0 Å². The Morgan fingerprint density at radius 1 is 1.17 bits per heavy atom. The molecular formula is C13H9FN2OS. The minimum Gasteiger partial charge on any atom is -0.507 e. The molecule has 0 aliphatic rings. The third kappa shape index (κ3) is 1.78. The largest absolute Gasteiger partial charge is 0.507 e. The molecule has 3 N–H and O–H groups in total. The van der Waals surface area contributed by atoms with Crippen molar-refractivity contribution >= 4 is 27.2 Å². The molecule has 18 heavy (non-hydrogen) atoms. The smallest absolute Gasteiger partial charge is 0.128 e. The lowest BCUT2D eigenvalue weighted by Crippen LogP contribution is -1.84. The maximum Gasteiger partial charge on any atom is 0.128 e. The molecule has 0 amide bonds. The molecule has 3 rings (SSSR count). The molecule has 3 nitrogen and oxygen atoms in total. The van der Waals surface area contributed by atoms with Crippen molar-refractivity contribution in [2.45, 2.75) is 0 Å².